The molecule has 1 amide bonds. The Balaban J connectivity index is 2.64. The Kier molecular flexibility index (Phi) is 4.46. The van der Waals surface area contributed by atoms with Crippen molar-refractivity contribution in [1.29, 1.82) is 0 Å². The van der Waals surface area contributed by atoms with Crippen LogP contribution in [0.15, 0.2) is 0 Å². The molecule has 2 aromatic rings. The third-order valence-corrected chi connectivity index (χ3v) is 4.89. The van der Waals surface area contributed by atoms with E-state index < -0.39 is 0 Å². The van der Waals surface area contributed by atoms with Gasteiger partial charge in [0.15, 0.2) is 0 Å². The molecular weight excluding hydrogens is 284 g/mol. The van der Waals surface area contributed by atoms with Crippen molar-refractivity contribution >= 4 is 33.1 Å². The van der Waals surface area contributed by atoms with Crippen LogP contribution in [0.25, 0.3) is 10.2 Å². The number of fused-ring (bicyclic) bond motifs is 1. The standard InChI is InChI=1S/C15H22N4OS/c1-6-9-10(7-2)17-18-14-11(9)12(16)13(21-14)15(20)19(5)8(3)4/h8H,6-7,16H2,1-5H3. The summed E-state index contributed by atoms with van der Waals surface area (Å²) in [7, 11) is 1.79. The molecule has 0 bridgehead atoms. The van der Waals surface area contributed by atoms with E-state index in [0.717, 1.165) is 34.3 Å². The summed E-state index contributed by atoms with van der Waals surface area (Å²) in [5, 5.41) is 9.43. The number of anilines is 1. The van der Waals surface area contributed by atoms with Crippen molar-refractivity contribution in [2.45, 2.75) is 46.6 Å². The number of aromatic nitrogens is 2. The summed E-state index contributed by atoms with van der Waals surface area (Å²) >= 11 is 1.34. The molecule has 0 spiro atoms. The summed E-state index contributed by atoms with van der Waals surface area (Å²) in [5.74, 6) is -0.0504. The topological polar surface area (TPSA) is 72.1 Å². The number of aryl methyl sites for hydroxylation is 2. The molecule has 2 heterocycles. The van der Waals surface area contributed by atoms with Crippen LogP contribution in [-0.2, 0) is 12.8 Å². The largest absolute Gasteiger partial charge is 0.397 e. The second kappa shape index (κ2) is 5.97. The molecule has 0 aromatic carbocycles. The van der Waals surface area contributed by atoms with Gasteiger partial charge in [-0.3, -0.25) is 4.79 Å². The van der Waals surface area contributed by atoms with Crippen LogP contribution in [0.4, 0.5) is 5.69 Å². The molecule has 0 saturated heterocycles. The summed E-state index contributed by atoms with van der Waals surface area (Å²) in [5.41, 5.74) is 8.90. The molecular formula is C15H22N4OS. The molecule has 2 aromatic heterocycles. The summed E-state index contributed by atoms with van der Waals surface area (Å²) in [6, 6.07) is 0.130. The zero-order chi connectivity index (χ0) is 15.7. The van der Waals surface area contributed by atoms with Gasteiger partial charge in [0.1, 0.15) is 9.71 Å². The van der Waals surface area contributed by atoms with Gasteiger partial charge in [0.25, 0.3) is 5.91 Å². The monoisotopic (exact) mass is 306 g/mol. The molecule has 6 heteroatoms. The SMILES string of the molecule is CCc1nnc2sc(C(=O)N(C)C(C)C)c(N)c2c1CC. The first-order chi connectivity index (χ1) is 9.92. The number of carbonyl (C=O) groups excluding carboxylic acids is 1. The Morgan fingerprint density at radius 2 is 1.95 bits per heavy atom. The van der Waals surface area contributed by atoms with E-state index in [0.29, 0.717) is 10.6 Å². The molecule has 0 radical (unpaired) electrons. The fourth-order valence-electron chi connectivity index (χ4n) is 2.32. The third-order valence-electron chi connectivity index (χ3n) is 3.82. The number of carbonyl (C=O) groups is 1. The number of thiophene rings is 1. The molecule has 0 aliphatic rings. The van der Waals surface area contributed by atoms with E-state index in [1.165, 1.54) is 11.3 Å². The minimum absolute atomic E-state index is 0.0504. The Hall–Kier alpha value is -1.69. The molecule has 5 nitrogen and oxygen atoms in total. The number of hydrogen-bond acceptors (Lipinski definition) is 5. The first-order valence-corrected chi connectivity index (χ1v) is 8.07. The average molecular weight is 306 g/mol. The van der Waals surface area contributed by atoms with Gasteiger partial charge in [-0.2, -0.15) is 5.10 Å². The molecule has 0 fully saturated rings. The van der Waals surface area contributed by atoms with E-state index in [1.807, 2.05) is 13.8 Å². The van der Waals surface area contributed by atoms with Crippen LogP contribution in [0.2, 0.25) is 0 Å². The predicted molar refractivity (Wildman–Crippen MR) is 87.8 cm³/mol. The van der Waals surface area contributed by atoms with Crippen LogP contribution in [-0.4, -0.2) is 34.1 Å². The Morgan fingerprint density at radius 3 is 2.48 bits per heavy atom. The van der Waals surface area contributed by atoms with Crippen molar-refractivity contribution < 1.29 is 4.79 Å². The molecule has 0 atom stereocenters. The maximum atomic E-state index is 12.5. The van der Waals surface area contributed by atoms with E-state index in [-0.39, 0.29) is 11.9 Å². The molecule has 2 N–H and O–H groups in total. The van der Waals surface area contributed by atoms with Crippen molar-refractivity contribution in [1.82, 2.24) is 15.1 Å². The highest BCUT2D eigenvalue weighted by molar-refractivity contribution is 7.21. The number of hydrogen-bond donors (Lipinski definition) is 1. The highest BCUT2D eigenvalue weighted by Gasteiger charge is 2.24. The zero-order valence-electron chi connectivity index (χ0n) is 13.2. The van der Waals surface area contributed by atoms with E-state index in [2.05, 4.69) is 24.0 Å². The lowest BCUT2D eigenvalue weighted by molar-refractivity contribution is 0.0761. The maximum Gasteiger partial charge on any atom is 0.266 e. The fourth-order valence-corrected chi connectivity index (χ4v) is 3.38. The highest BCUT2D eigenvalue weighted by Crippen LogP contribution is 2.36. The second-order valence-corrected chi connectivity index (χ2v) is 6.37. The normalized spacial score (nSPS) is 11.3. The van der Waals surface area contributed by atoms with Gasteiger partial charge in [-0.05, 0) is 32.3 Å². The van der Waals surface area contributed by atoms with Crippen LogP contribution in [0.5, 0.6) is 0 Å². The van der Waals surface area contributed by atoms with Gasteiger partial charge in [0, 0.05) is 18.5 Å². The third kappa shape index (κ3) is 2.60. The van der Waals surface area contributed by atoms with Gasteiger partial charge in [0.05, 0.1) is 11.4 Å². The van der Waals surface area contributed by atoms with Gasteiger partial charge < -0.3 is 10.6 Å². The fraction of sp³-hybridized carbons (Fsp3) is 0.533. The minimum atomic E-state index is -0.0504. The lowest BCUT2D eigenvalue weighted by atomic mass is 10.0. The highest BCUT2D eigenvalue weighted by atomic mass is 32.1. The summed E-state index contributed by atoms with van der Waals surface area (Å²) in [4.78, 5) is 15.6. The lowest BCUT2D eigenvalue weighted by Crippen LogP contribution is -2.32. The number of nitrogens with zero attached hydrogens (tertiary/aromatic N) is 3. The molecule has 0 saturated carbocycles. The maximum absolute atomic E-state index is 12.5. The molecule has 0 aliphatic carbocycles. The smallest absolute Gasteiger partial charge is 0.266 e. The van der Waals surface area contributed by atoms with Crippen molar-refractivity contribution in [3.8, 4) is 0 Å². The molecule has 0 aliphatic heterocycles. The van der Waals surface area contributed by atoms with E-state index in [1.54, 1.807) is 11.9 Å². The first kappa shape index (κ1) is 15.7. The lowest BCUT2D eigenvalue weighted by Gasteiger charge is -2.20. The molecule has 21 heavy (non-hydrogen) atoms. The molecule has 114 valence electrons. The van der Waals surface area contributed by atoms with E-state index >= 15 is 0 Å². The quantitative estimate of drug-likeness (QED) is 0.942. The van der Waals surface area contributed by atoms with Crippen molar-refractivity contribution in [3.63, 3.8) is 0 Å². The van der Waals surface area contributed by atoms with Gasteiger partial charge >= 0.3 is 0 Å². The van der Waals surface area contributed by atoms with E-state index in [9.17, 15) is 4.79 Å². The Bertz CT molecular complexity index is 678. The van der Waals surface area contributed by atoms with Gasteiger partial charge in [-0.1, -0.05) is 13.8 Å². The number of nitrogens with two attached hydrogens (primary N) is 1. The van der Waals surface area contributed by atoms with Gasteiger partial charge in [0.2, 0.25) is 0 Å². The number of nitrogen functional groups attached to an aromatic ring is 1. The van der Waals surface area contributed by atoms with Gasteiger partial charge in [-0.15, -0.1) is 16.4 Å². The van der Waals surface area contributed by atoms with Gasteiger partial charge in [-0.25, -0.2) is 0 Å². The number of rotatable bonds is 4. The number of amides is 1. The van der Waals surface area contributed by atoms with Crippen LogP contribution in [0.3, 0.4) is 0 Å². The molecule has 2 rings (SSSR count). The first-order valence-electron chi connectivity index (χ1n) is 7.25. The van der Waals surface area contributed by atoms with Crippen molar-refractivity contribution in [3.05, 3.63) is 16.1 Å². The van der Waals surface area contributed by atoms with E-state index in [4.69, 9.17) is 5.73 Å². The zero-order valence-corrected chi connectivity index (χ0v) is 14.0. The van der Waals surface area contributed by atoms with Crippen LogP contribution in [0, 0.1) is 0 Å². The predicted octanol–water partition coefficient (Wildman–Crippen LogP) is 2.88. The summed E-state index contributed by atoms with van der Waals surface area (Å²) in [6.07, 6.45) is 1.65. The van der Waals surface area contributed by atoms with Crippen LogP contribution < -0.4 is 5.73 Å². The Labute approximate surface area is 129 Å². The average Bonchev–Trinajstić information content (AvgIpc) is 2.81. The summed E-state index contributed by atoms with van der Waals surface area (Å²) in [6.45, 7) is 8.09. The van der Waals surface area contributed by atoms with Crippen LogP contribution in [0.1, 0.15) is 48.6 Å². The second-order valence-electron chi connectivity index (χ2n) is 5.37. The summed E-state index contributed by atoms with van der Waals surface area (Å²) < 4.78 is 0. The van der Waals surface area contributed by atoms with Crippen molar-refractivity contribution in [2.75, 3.05) is 12.8 Å². The minimum Gasteiger partial charge on any atom is -0.397 e. The van der Waals surface area contributed by atoms with Crippen LogP contribution >= 0.6 is 11.3 Å². The molecule has 0 unspecified atom stereocenters. The Morgan fingerprint density at radius 1 is 1.29 bits per heavy atom. The van der Waals surface area contributed by atoms with Crippen molar-refractivity contribution in [2.24, 2.45) is 0 Å².